The molecule has 1 aromatic rings. The number of likely N-dealkylation sites (N-methyl/N-ethyl adjacent to an activating group) is 1. The van der Waals surface area contributed by atoms with Crippen molar-refractivity contribution in [1.29, 1.82) is 0 Å². The molecule has 1 unspecified atom stereocenters. The van der Waals surface area contributed by atoms with Gasteiger partial charge in [-0.3, -0.25) is 4.79 Å². The number of hydrogen-bond acceptors (Lipinski definition) is 3. The quantitative estimate of drug-likeness (QED) is 0.747. The van der Waals surface area contributed by atoms with Crippen LogP contribution in [-0.2, 0) is 4.79 Å². The Labute approximate surface area is 87.1 Å². The Hall–Kier alpha value is -1.46. The van der Waals surface area contributed by atoms with E-state index in [0.717, 1.165) is 0 Å². The molecule has 5 heteroatoms. The van der Waals surface area contributed by atoms with Crippen molar-refractivity contribution < 1.29 is 14.3 Å². The van der Waals surface area contributed by atoms with Crippen LogP contribution in [0.1, 0.15) is 0 Å². The lowest BCUT2D eigenvalue weighted by atomic mass is 10.2. The number of nitrogens with two attached hydrogens (primary N) is 1. The number of rotatable bonds is 3. The van der Waals surface area contributed by atoms with Crippen molar-refractivity contribution in [3.63, 3.8) is 0 Å². The van der Waals surface area contributed by atoms with E-state index in [4.69, 9.17) is 5.73 Å². The summed E-state index contributed by atoms with van der Waals surface area (Å²) < 4.78 is 12.6. The lowest BCUT2D eigenvalue weighted by Crippen LogP contribution is -2.40. The largest absolute Gasteiger partial charge is 0.382 e. The number of amides is 1. The molecule has 0 aliphatic carbocycles. The lowest BCUT2D eigenvalue weighted by Gasteiger charge is -2.19. The first-order valence-corrected chi connectivity index (χ1v) is 4.47. The Morgan fingerprint density at radius 1 is 1.53 bits per heavy atom. The summed E-state index contributed by atoms with van der Waals surface area (Å²) in [6, 6.07) is 5.40. The zero-order valence-corrected chi connectivity index (χ0v) is 8.35. The topological polar surface area (TPSA) is 66.6 Å². The minimum Gasteiger partial charge on any atom is -0.382 e. The molecule has 4 nitrogen and oxygen atoms in total. The first-order valence-electron chi connectivity index (χ1n) is 4.47. The lowest BCUT2D eigenvalue weighted by molar-refractivity contribution is -0.125. The number of anilines is 1. The van der Waals surface area contributed by atoms with Crippen LogP contribution in [0.2, 0.25) is 0 Å². The zero-order chi connectivity index (χ0) is 11.4. The van der Waals surface area contributed by atoms with E-state index < -0.39 is 12.0 Å². The maximum Gasteiger partial charge on any atom is 0.256 e. The molecule has 1 atom stereocenters. The second-order valence-electron chi connectivity index (χ2n) is 3.13. The monoisotopic (exact) mass is 212 g/mol. The Bertz CT molecular complexity index is 340. The second-order valence-corrected chi connectivity index (χ2v) is 3.13. The summed E-state index contributed by atoms with van der Waals surface area (Å²) in [5, 5.41) is 9.22. The SMILES string of the molecule is CN(C(=O)C(O)CN)c1ccc(F)cc1. The van der Waals surface area contributed by atoms with E-state index in [-0.39, 0.29) is 12.4 Å². The van der Waals surface area contributed by atoms with Crippen LogP contribution in [0.25, 0.3) is 0 Å². The van der Waals surface area contributed by atoms with Gasteiger partial charge in [0.1, 0.15) is 11.9 Å². The maximum atomic E-state index is 12.6. The molecule has 82 valence electrons. The van der Waals surface area contributed by atoms with Gasteiger partial charge in [-0.1, -0.05) is 0 Å². The summed E-state index contributed by atoms with van der Waals surface area (Å²) in [4.78, 5) is 12.7. The van der Waals surface area contributed by atoms with Crippen LogP contribution in [0.4, 0.5) is 10.1 Å². The van der Waals surface area contributed by atoms with Crippen LogP contribution in [0.5, 0.6) is 0 Å². The third-order valence-electron chi connectivity index (χ3n) is 2.05. The van der Waals surface area contributed by atoms with Gasteiger partial charge in [0, 0.05) is 19.3 Å². The smallest absolute Gasteiger partial charge is 0.256 e. The molecule has 0 saturated carbocycles. The minimum absolute atomic E-state index is 0.135. The fourth-order valence-electron chi connectivity index (χ4n) is 1.12. The number of carbonyl (C=O) groups excluding carboxylic acids is 1. The highest BCUT2D eigenvalue weighted by Gasteiger charge is 2.18. The predicted molar refractivity (Wildman–Crippen MR) is 54.9 cm³/mol. The molecular weight excluding hydrogens is 199 g/mol. The maximum absolute atomic E-state index is 12.6. The normalized spacial score (nSPS) is 12.3. The Balaban J connectivity index is 2.80. The summed E-state index contributed by atoms with van der Waals surface area (Å²) in [6.45, 7) is -0.135. The third-order valence-corrected chi connectivity index (χ3v) is 2.05. The molecule has 0 radical (unpaired) electrons. The first-order chi connectivity index (χ1) is 7.06. The number of hydrogen-bond donors (Lipinski definition) is 2. The third kappa shape index (κ3) is 2.74. The summed E-state index contributed by atoms with van der Waals surface area (Å²) in [5.41, 5.74) is 5.66. The molecule has 0 heterocycles. The van der Waals surface area contributed by atoms with E-state index in [0.29, 0.717) is 5.69 Å². The van der Waals surface area contributed by atoms with E-state index >= 15 is 0 Å². The number of nitrogens with zero attached hydrogens (tertiary/aromatic N) is 1. The van der Waals surface area contributed by atoms with E-state index in [9.17, 15) is 14.3 Å². The summed E-state index contributed by atoms with van der Waals surface area (Å²) in [7, 11) is 1.49. The molecule has 0 aliphatic rings. The highest BCUT2D eigenvalue weighted by molar-refractivity contribution is 5.95. The van der Waals surface area contributed by atoms with Gasteiger partial charge in [-0.2, -0.15) is 0 Å². The highest BCUT2D eigenvalue weighted by Crippen LogP contribution is 2.13. The fourth-order valence-corrected chi connectivity index (χ4v) is 1.12. The second kappa shape index (κ2) is 4.86. The standard InChI is InChI=1S/C10H13FN2O2/c1-13(10(15)9(14)6-12)8-4-2-7(11)3-5-8/h2-5,9,14H,6,12H2,1H3. The Morgan fingerprint density at radius 2 is 2.07 bits per heavy atom. The molecular formula is C10H13FN2O2. The van der Waals surface area contributed by atoms with Crippen LogP contribution < -0.4 is 10.6 Å². The van der Waals surface area contributed by atoms with Gasteiger partial charge in [0.2, 0.25) is 0 Å². The van der Waals surface area contributed by atoms with E-state index in [2.05, 4.69) is 0 Å². The number of halogens is 1. The van der Waals surface area contributed by atoms with Crippen LogP contribution in [0, 0.1) is 5.82 Å². The van der Waals surface area contributed by atoms with Crippen molar-refractivity contribution in [1.82, 2.24) is 0 Å². The highest BCUT2D eigenvalue weighted by atomic mass is 19.1. The summed E-state index contributed by atoms with van der Waals surface area (Å²) in [6.07, 6.45) is -1.22. The van der Waals surface area contributed by atoms with Gasteiger partial charge >= 0.3 is 0 Å². The molecule has 0 fully saturated rings. The van der Waals surface area contributed by atoms with Crippen LogP contribution in [0.3, 0.4) is 0 Å². The van der Waals surface area contributed by atoms with Gasteiger partial charge in [0.15, 0.2) is 0 Å². The molecule has 0 aliphatic heterocycles. The van der Waals surface area contributed by atoms with Crippen molar-refractivity contribution in [3.8, 4) is 0 Å². The van der Waals surface area contributed by atoms with Crippen molar-refractivity contribution >= 4 is 11.6 Å². The van der Waals surface area contributed by atoms with Gasteiger partial charge in [-0.25, -0.2) is 4.39 Å². The minimum atomic E-state index is -1.22. The van der Waals surface area contributed by atoms with Gasteiger partial charge in [-0.05, 0) is 24.3 Å². The predicted octanol–water partition coefficient (Wildman–Crippen LogP) is 0.108. The molecule has 0 spiro atoms. The number of benzene rings is 1. The van der Waals surface area contributed by atoms with Gasteiger partial charge < -0.3 is 15.7 Å². The van der Waals surface area contributed by atoms with Gasteiger partial charge in [-0.15, -0.1) is 0 Å². The number of aliphatic hydroxyl groups excluding tert-OH is 1. The molecule has 1 amide bonds. The molecule has 1 aromatic carbocycles. The Kier molecular flexibility index (Phi) is 3.76. The number of aliphatic hydroxyl groups is 1. The van der Waals surface area contributed by atoms with Crippen LogP contribution in [0.15, 0.2) is 24.3 Å². The van der Waals surface area contributed by atoms with Gasteiger partial charge in [0.05, 0.1) is 0 Å². The summed E-state index contributed by atoms with van der Waals surface area (Å²) in [5.74, 6) is -0.886. The number of carbonyl (C=O) groups is 1. The molecule has 15 heavy (non-hydrogen) atoms. The van der Waals surface area contributed by atoms with E-state index in [1.807, 2.05) is 0 Å². The Morgan fingerprint density at radius 3 is 2.53 bits per heavy atom. The zero-order valence-electron chi connectivity index (χ0n) is 8.35. The van der Waals surface area contributed by atoms with E-state index in [1.165, 1.54) is 36.2 Å². The van der Waals surface area contributed by atoms with Crippen LogP contribution >= 0.6 is 0 Å². The molecule has 0 saturated heterocycles. The molecule has 1 rings (SSSR count). The average molecular weight is 212 g/mol. The average Bonchev–Trinajstić information content (AvgIpc) is 2.27. The first kappa shape index (κ1) is 11.6. The van der Waals surface area contributed by atoms with Crippen molar-refractivity contribution in [2.24, 2.45) is 5.73 Å². The van der Waals surface area contributed by atoms with Crippen molar-refractivity contribution in [2.45, 2.75) is 6.10 Å². The summed E-state index contributed by atoms with van der Waals surface area (Å²) >= 11 is 0. The molecule has 3 N–H and O–H groups in total. The van der Waals surface area contributed by atoms with Gasteiger partial charge in [0.25, 0.3) is 5.91 Å². The molecule has 0 bridgehead atoms. The molecule has 0 aromatic heterocycles. The van der Waals surface area contributed by atoms with Crippen molar-refractivity contribution in [2.75, 3.05) is 18.5 Å². The fraction of sp³-hybridized carbons (Fsp3) is 0.300. The van der Waals surface area contributed by atoms with Crippen molar-refractivity contribution in [3.05, 3.63) is 30.1 Å². The van der Waals surface area contributed by atoms with E-state index in [1.54, 1.807) is 0 Å². The van der Waals surface area contributed by atoms with Crippen LogP contribution in [-0.4, -0.2) is 30.7 Å².